The molecule has 138 valence electrons. The van der Waals surface area contributed by atoms with E-state index in [2.05, 4.69) is 20.6 Å². The van der Waals surface area contributed by atoms with Gasteiger partial charge in [-0.15, -0.1) is 0 Å². The van der Waals surface area contributed by atoms with Crippen molar-refractivity contribution < 1.29 is 18.0 Å². The van der Waals surface area contributed by atoms with Gasteiger partial charge in [0.05, 0.1) is 5.69 Å². The van der Waals surface area contributed by atoms with E-state index in [-0.39, 0.29) is 29.7 Å². The van der Waals surface area contributed by atoms with Gasteiger partial charge in [-0.25, -0.2) is 23.1 Å². The molecule has 8 heteroatoms. The van der Waals surface area contributed by atoms with Crippen LogP contribution < -0.4 is 10.6 Å². The Balaban J connectivity index is 1.73. The third-order valence-corrected chi connectivity index (χ3v) is 3.63. The molecule has 2 N–H and O–H groups in total. The van der Waals surface area contributed by atoms with Crippen LogP contribution in [-0.2, 0) is 6.54 Å². The molecule has 5 nitrogen and oxygen atoms in total. The molecule has 1 heterocycles. The quantitative estimate of drug-likeness (QED) is 0.713. The molecule has 1 aromatic heterocycles. The fourth-order valence-corrected chi connectivity index (χ4v) is 2.33. The Morgan fingerprint density at radius 1 is 0.963 bits per heavy atom. The van der Waals surface area contributed by atoms with E-state index in [1.807, 2.05) is 0 Å². The first-order chi connectivity index (χ1) is 12.9. The molecule has 0 unspecified atom stereocenters. The molecule has 0 aliphatic heterocycles. The number of anilines is 2. The van der Waals surface area contributed by atoms with Crippen molar-refractivity contribution in [3.63, 3.8) is 0 Å². The average molecular weight is 372 g/mol. The lowest BCUT2D eigenvalue weighted by Crippen LogP contribution is -2.24. The van der Waals surface area contributed by atoms with E-state index in [0.717, 1.165) is 17.7 Å². The minimum absolute atomic E-state index is 0.00689. The zero-order valence-corrected chi connectivity index (χ0v) is 14.3. The molecule has 2 aromatic carbocycles. The van der Waals surface area contributed by atoms with Crippen LogP contribution in [0.15, 0.2) is 48.5 Å². The molecule has 0 aliphatic rings. The lowest BCUT2D eigenvalue weighted by Gasteiger charge is -2.09. The maximum atomic E-state index is 13.8. The zero-order valence-electron chi connectivity index (χ0n) is 14.3. The Bertz CT molecular complexity index is 977. The molecular formula is C19H15F3N4O. The molecule has 1 amide bonds. The van der Waals surface area contributed by atoms with E-state index in [1.54, 1.807) is 19.1 Å². The normalized spacial score (nSPS) is 10.5. The number of amides is 1. The molecule has 27 heavy (non-hydrogen) atoms. The number of hydrogen-bond donors (Lipinski definition) is 2. The highest BCUT2D eigenvalue weighted by Gasteiger charge is 2.12. The van der Waals surface area contributed by atoms with Crippen molar-refractivity contribution in [1.82, 2.24) is 15.3 Å². The monoisotopic (exact) mass is 372 g/mol. The van der Waals surface area contributed by atoms with Gasteiger partial charge in [0.1, 0.15) is 23.1 Å². The van der Waals surface area contributed by atoms with Gasteiger partial charge in [0.2, 0.25) is 5.95 Å². The Labute approximate surface area is 153 Å². The summed E-state index contributed by atoms with van der Waals surface area (Å²) >= 11 is 0. The molecule has 0 fully saturated rings. The predicted molar refractivity (Wildman–Crippen MR) is 94.0 cm³/mol. The van der Waals surface area contributed by atoms with Gasteiger partial charge in [0.25, 0.3) is 5.91 Å². The maximum Gasteiger partial charge on any atom is 0.270 e. The second-order valence-electron chi connectivity index (χ2n) is 5.78. The van der Waals surface area contributed by atoms with Gasteiger partial charge < -0.3 is 10.6 Å². The number of aryl methyl sites for hydroxylation is 1. The molecule has 0 atom stereocenters. The van der Waals surface area contributed by atoms with Gasteiger partial charge in [-0.1, -0.05) is 12.1 Å². The van der Waals surface area contributed by atoms with Gasteiger partial charge in [-0.3, -0.25) is 4.79 Å². The minimum atomic E-state index is -0.803. The van der Waals surface area contributed by atoms with Crippen molar-refractivity contribution in [3.8, 4) is 0 Å². The minimum Gasteiger partial charge on any atom is -0.347 e. The molecule has 0 radical (unpaired) electrons. The lowest BCUT2D eigenvalue weighted by molar-refractivity contribution is 0.0945. The average Bonchev–Trinajstić information content (AvgIpc) is 2.63. The van der Waals surface area contributed by atoms with Crippen LogP contribution in [0.5, 0.6) is 0 Å². The zero-order chi connectivity index (χ0) is 19.4. The summed E-state index contributed by atoms with van der Waals surface area (Å²) in [5.74, 6) is -2.33. The molecule has 0 spiro atoms. The highest BCUT2D eigenvalue weighted by molar-refractivity contribution is 5.92. The van der Waals surface area contributed by atoms with Gasteiger partial charge in [0.15, 0.2) is 0 Å². The van der Waals surface area contributed by atoms with E-state index in [1.165, 1.54) is 24.3 Å². The summed E-state index contributed by atoms with van der Waals surface area (Å²) in [6, 6.07) is 10.2. The predicted octanol–water partition coefficient (Wildman–Crippen LogP) is 3.88. The van der Waals surface area contributed by atoms with Crippen molar-refractivity contribution >= 4 is 17.5 Å². The topological polar surface area (TPSA) is 66.9 Å². The number of nitrogens with zero attached hydrogens (tertiary/aromatic N) is 2. The van der Waals surface area contributed by atoms with Crippen LogP contribution >= 0.6 is 0 Å². The summed E-state index contributed by atoms with van der Waals surface area (Å²) in [5.41, 5.74) is 1.28. The van der Waals surface area contributed by atoms with Gasteiger partial charge in [-0.2, -0.15) is 0 Å². The Kier molecular flexibility index (Phi) is 5.35. The van der Waals surface area contributed by atoms with Crippen molar-refractivity contribution in [2.45, 2.75) is 13.5 Å². The van der Waals surface area contributed by atoms with Gasteiger partial charge >= 0.3 is 0 Å². The van der Waals surface area contributed by atoms with Crippen molar-refractivity contribution in [2.24, 2.45) is 0 Å². The highest BCUT2D eigenvalue weighted by atomic mass is 19.1. The van der Waals surface area contributed by atoms with Crippen LogP contribution in [0.4, 0.5) is 24.8 Å². The first-order valence-corrected chi connectivity index (χ1v) is 8.01. The van der Waals surface area contributed by atoms with Crippen LogP contribution in [-0.4, -0.2) is 15.9 Å². The van der Waals surface area contributed by atoms with E-state index in [9.17, 15) is 18.0 Å². The maximum absolute atomic E-state index is 13.8. The number of carbonyl (C=O) groups is 1. The molecule has 3 aromatic rings. The summed E-state index contributed by atoms with van der Waals surface area (Å²) in [4.78, 5) is 20.5. The summed E-state index contributed by atoms with van der Waals surface area (Å²) < 4.78 is 39.7. The SMILES string of the molecule is Cc1cc(C(=O)NCc2ccc(F)cc2)nc(Nc2ccc(F)cc2F)n1. The molecule has 3 rings (SSSR count). The summed E-state index contributed by atoms with van der Waals surface area (Å²) in [5, 5.41) is 5.30. The number of halogens is 3. The molecule has 0 bridgehead atoms. The Morgan fingerprint density at radius 2 is 1.67 bits per heavy atom. The number of nitrogens with one attached hydrogen (secondary N) is 2. The Hall–Kier alpha value is -3.42. The van der Waals surface area contributed by atoms with Crippen LogP contribution in [0.1, 0.15) is 21.7 Å². The summed E-state index contributed by atoms with van der Waals surface area (Å²) in [7, 11) is 0. The van der Waals surface area contributed by atoms with Crippen molar-refractivity contribution in [3.05, 3.63) is 82.9 Å². The number of rotatable bonds is 5. The molecule has 0 saturated carbocycles. The van der Waals surface area contributed by atoms with E-state index < -0.39 is 17.5 Å². The second-order valence-corrected chi connectivity index (χ2v) is 5.78. The smallest absolute Gasteiger partial charge is 0.270 e. The molecular weight excluding hydrogens is 357 g/mol. The fourth-order valence-electron chi connectivity index (χ4n) is 2.33. The van der Waals surface area contributed by atoms with E-state index in [0.29, 0.717) is 5.69 Å². The number of aromatic nitrogens is 2. The van der Waals surface area contributed by atoms with Crippen LogP contribution in [0, 0.1) is 24.4 Å². The lowest BCUT2D eigenvalue weighted by atomic mass is 10.2. The largest absolute Gasteiger partial charge is 0.347 e. The first kappa shape index (κ1) is 18.4. The van der Waals surface area contributed by atoms with Crippen LogP contribution in [0.2, 0.25) is 0 Å². The van der Waals surface area contributed by atoms with E-state index in [4.69, 9.17) is 0 Å². The highest BCUT2D eigenvalue weighted by Crippen LogP contribution is 2.19. The van der Waals surface area contributed by atoms with Crippen LogP contribution in [0.3, 0.4) is 0 Å². The summed E-state index contributed by atoms with van der Waals surface area (Å²) in [6.45, 7) is 1.85. The van der Waals surface area contributed by atoms with Crippen molar-refractivity contribution in [2.75, 3.05) is 5.32 Å². The molecule has 0 saturated heterocycles. The Morgan fingerprint density at radius 3 is 2.37 bits per heavy atom. The summed E-state index contributed by atoms with van der Waals surface area (Å²) in [6.07, 6.45) is 0. The van der Waals surface area contributed by atoms with Gasteiger partial charge in [0, 0.05) is 18.3 Å². The van der Waals surface area contributed by atoms with Gasteiger partial charge in [-0.05, 0) is 42.8 Å². The number of benzene rings is 2. The first-order valence-electron chi connectivity index (χ1n) is 8.01. The third-order valence-electron chi connectivity index (χ3n) is 3.63. The molecule has 0 aliphatic carbocycles. The van der Waals surface area contributed by atoms with E-state index >= 15 is 0 Å². The number of carbonyl (C=O) groups excluding carboxylic acids is 1. The standard InChI is InChI=1S/C19H15F3N4O/c1-11-8-17(18(27)23-10-12-2-4-13(20)5-3-12)26-19(24-11)25-16-7-6-14(21)9-15(16)22/h2-9H,10H2,1H3,(H,23,27)(H,24,25,26). The van der Waals surface area contributed by atoms with Crippen molar-refractivity contribution in [1.29, 1.82) is 0 Å². The third kappa shape index (κ3) is 4.81. The number of hydrogen-bond acceptors (Lipinski definition) is 4. The van der Waals surface area contributed by atoms with Crippen LogP contribution in [0.25, 0.3) is 0 Å². The second kappa shape index (κ2) is 7.86. The fraction of sp³-hybridized carbons (Fsp3) is 0.105.